The Labute approximate surface area is 165 Å². The monoisotopic (exact) mass is 385 g/mol. The maximum Gasteiger partial charge on any atom is 0.255 e. The Morgan fingerprint density at radius 2 is 2.26 bits per heavy atom. The molecular weight excluding hydrogens is 358 g/mol. The molecule has 0 aromatic carbocycles. The van der Waals surface area contributed by atoms with E-state index < -0.39 is 0 Å². The zero-order valence-corrected chi connectivity index (χ0v) is 16.9. The van der Waals surface area contributed by atoms with Gasteiger partial charge in [-0.2, -0.15) is 0 Å². The summed E-state index contributed by atoms with van der Waals surface area (Å²) < 4.78 is 5.40. The summed E-state index contributed by atoms with van der Waals surface area (Å²) in [6.07, 6.45) is 5.07. The molecule has 1 unspecified atom stereocenters. The van der Waals surface area contributed by atoms with E-state index in [1.807, 2.05) is 11.1 Å². The first kappa shape index (κ1) is 18.6. The van der Waals surface area contributed by atoms with Crippen molar-refractivity contribution < 1.29 is 9.53 Å². The Balaban J connectivity index is 1.41. The number of nitrogens with zero attached hydrogens (tertiary/aromatic N) is 3. The van der Waals surface area contributed by atoms with E-state index in [1.54, 1.807) is 18.4 Å². The number of carbonyl (C=O) groups excluding carboxylic acids is 1. The van der Waals surface area contributed by atoms with Crippen LogP contribution in [0.2, 0.25) is 0 Å². The standard InChI is InChI=1S/C21H27N3O2S/c1-3-15-4-5-16(22-10-15)11-23-8-7-18-19(14-27-20(18)13-23)21(25)24-9-6-17(12-24)26-2/h4-5,10,14,17H,3,6-9,11-13H2,1-2H3. The highest BCUT2D eigenvalue weighted by atomic mass is 32.1. The first-order chi connectivity index (χ1) is 13.2. The number of methoxy groups -OCH3 is 1. The number of amides is 1. The molecule has 0 spiro atoms. The van der Waals surface area contributed by atoms with Crippen molar-refractivity contribution in [2.45, 2.75) is 45.4 Å². The minimum Gasteiger partial charge on any atom is -0.380 e. The highest BCUT2D eigenvalue weighted by Crippen LogP contribution is 2.31. The minimum atomic E-state index is 0.178. The van der Waals surface area contributed by atoms with Gasteiger partial charge in [0.1, 0.15) is 0 Å². The van der Waals surface area contributed by atoms with Gasteiger partial charge in [0.25, 0.3) is 5.91 Å². The van der Waals surface area contributed by atoms with Crippen molar-refractivity contribution in [2.75, 3.05) is 26.7 Å². The van der Waals surface area contributed by atoms with Crippen LogP contribution in [-0.2, 0) is 30.7 Å². The number of aryl methyl sites for hydroxylation is 1. The maximum absolute atomic E-state index is 12.9. The number of pyridine rings is 1. The largest absolute Gasteiger partial charge is 0.380 e. The van der Waals surface area contributed by atoms with Crippen molar-refractivity contribution in [2.24, 2.45) is 0 Å². The lowest BCUT2D eigenvalue weighted by Gasteiger charge is -2.27. The number of ether oxygens (including phenoxy) is 1. The highest BCUT2D eigenvalue weighted by Gasteiger charge is 2.30. The van der Waals surface area contributed by atoms with Gasteiger partial charge in [0.2, 0.25) is 0 Å². The van der Waals surface area contributed by atoms with E-state index in [-0.39, 0.29) is 12.0 Å². The summed E-state index contributed by atoms with van der Waals surface area (Å²) in [7, 11) is 1.73. The van der Waals surface area contributed by atoms with Crippen LogP contribution < -0.4 is 0 Å². The molecule has 0 bridgehead atoms. The molecule has 4 rings (SSSR count). The Morgan fingerprint density at radius 3 is 2.96 bits per heavy atom. The predicted molar refractivity (Wildman–Crippen MR) is 107 cm³/mol. The fraction of sp³-hybridized carbons (Fsp3) is 0.524. The average Bonchev–Trinajstić information content (AvgIpc) is 3.35. The van der Waals surface area contributed by atoms with E-state index in [0.29, 0.717) is 6.54 Å². The number of carbonyl (C=O) groups is 1. The van der Waals surface area contributed by atoms with E-state index in [0.717, 1.165) is 56.7 Å². The van der Waals surface area contributed by atoms with Crippen LogP contribution in [-0.4, -0.2) is 53.5 Å². The summed E-state index contributed by atoms with van der Waals surface area (Å²) in [5.41, 5.74) is 4.57. The second kappa shape index (κ2) is 8.09. The number of thiophene rings is 1. The SMILES string of the molecule is CCc1ccc(CN2CCc3c(C(=O)N4CCC(OC)C4)csc3C2)nc1. The average molecular weight is 386 g/mol. The Bertz CT molecular complexity index is 802. The molecule has 2 aromatic rings. The lowest BCUT2D eigenvalue weighted by molar-refractivity contribution is 0.0723. The summed E-state index contributed by atoms with van der Waals surface area (Å²) >= 11 is 1.73. The van der Waals surface area contributed by atoms with Crippen molar-refractivity contribution in [1.82, 2.24) is 14.8 Å². The third kappa shape index (κ3) is 3.93. The lowest BCUT2D eigenvalue weighted by atomic mass is 10.0. The van der Waals surface area contributed by atoms with Crippen LogP contribution in [0.1, 0.15) is 45.4 Å². The van der Waals surface area contributed by atoms with Gasteiger partial charge in [0.15, 0.2) is 0 Å². The number of hydrogen-bond acceptors (Lipinski definition) is 5. The maximum atomic E-state index is 12.9. The van der Waals surface area contributed by atoms with Crippen LogP contribution >= 0.6 is 11.3 Å². The van der Waals surface area contributed by atoms with E-state index in [2.05, 4.69) is 34.3 Å². The van der Waals surface area contributed by atoms with Crippen LogP contribution in [0.25, 0.3) is 0 Å². The number of fused-ring (bicyclic) bond motifs is 1. The normalized spacial score (nSPS) is 20.1. The summed E-state index contributed by atoms with van der Waals surface area (Å²) in [5, 5.41) is 2.06. The van der Waals surface area contributed by atoms with Gasteiger partial charge in [-0.15, -0.1) is 11.3 Å². The Morgan fingerprint density at radius 1 is 1.37 bits per heavy atom. The molecule has 1 fully saturated rings. The minimum absolute atomic E-state index is 0.178. The van der Waals surface area contributed by atoms with Gasteiger partial charge in [0, 0.05) is 56.3 Å². The quantitative estimate of drug-likeness (QED) is 0.793. The van der Waals surface area contributed by atoms with Crippen LogP contribution in [0.3, 0.4) is 0 Å². The zero-order chi connectivity index (χ0) is 18.8. The van der Waals surface area contributed by atoms with Crippen molar-refractivity contribution in [3.63, 3.8) is 0 Å². The van der Waals surface area contributed by atoms with Crippen LogP contribution in [0.15, 0.2) is 23.7 Å². The molecule has 2 aliphatic rings. The first-order valence-corrected chi connectivity index (χ1v) is 10.6. The second-order valence-electron chi connectivity index (χ2n) is 7.42. The molecule has 0 aliphatic carbocycles. The lowest BCUT2D eigenvalue weighted by Crippen LogP contribution is -2.33. The van der Waals surface area contributed by atoms with Gasteiger partial charge >= 0.3 is 0 Å². The van der Waals surface area contributed by atoms with E-state index in [4.69, 9.17) is 4.74 Å². The molecule has 2 aromatic heterocycles. The third-order valence-corrected chi connectivity index (χ3v) is 6.72. The van der Waals surface area contributed by atoms with Crippen LogP contribution in [0, 0.1) is 0 Å². The molecule has 2 aliphatic heterocycles. The predicted octanol–water partition coefficient (Wildman–Crippen LogP) is 3.12. The molecule has 4 heterocycles. The van der Waals surface area contributed by atoms with Crippen molar-refractivity contribution >= 4 is 17.2 Å². The summed E-state index contributed by atoms with van der Waals surface area (Å²) in [6, 6.07) is 4.31. The molecule has 0 radical (unpaired) electrons. The topological polar surface area (TPSA) is 45.7 Å². The zero-order valence-electron chi connectivity index (χ0n) is 16.1. The summed E-state index contributed by atoms with van der Waals surface area (Å²) in [6.45, 7) is 6.41. The summed E-state index contributed by atoms with van der Waals surface area (Å²) in [4.78, 5) is 23.2. The van der Waals surface area contributed by atoms with Crippen molar-refractivity contribution in [3.8, 4) is 0 Å². The Hall–Kier alpha value is -1.76. The smallest absolute Gasteiger partial charge is 0.255 e. The fourth-order valence-electron chi connectivity index (χ4n) is 3.96. The number of rotatable bonds is 5. The molecule has 0 N–H and O–H groups in total. The van der Waals surface area contributed by atoms with Gasteiger partial charge in [-0.1, -0.05) is 13.0 Å². The second-order valence-corrected chi connectivity index (χ2v) is 8.38. The van der Waals surface area contributed by atoms with Crippen LogP contribution in [0.4, 0.5) is 0 Å². The molecular formula is C21H27N3O2S. The van der Waals surface area contributed by atoms with E-state index >= 15 is 0 Å². The molecule has 5 nitrogen and oxygen atoms in total. The Kier molecular flexibility index (Phi) is 5.57. The number of aromatic nitrogens is 1. The summed E-state index contributed by atoms with van der Waals surface area (Å²) in [5.74, 6) is 0.178. The molecule has 1 atom stereocenters. The molecule has 27 heavy (non-hydrogen) atoms. The van der Waals surface area contributed by atoms with Gasteiger partial charge in [0.05, 0.1) is 17.4 Å². The van der Waals surface area contributed by atoms with Crippen molar-refractivity contribution in [3.05, 3.63) is 51.0 Å². The third-order valence-electron chi connectivity index (χ3n) is 5.70. The number of hydrogen-bond donors (Lipinski definition) is 0. The van der Waals surface area contributed by atoms with Gasteiger partial charge in [-0.05, 0) is 36.5 Å². The van der Waals surface area contributed by atoms with Crippen molar-refractivity contribution in [1.29, 1.82) is 0 Å². The van der Waals surface area contributed by atoms with E-state index in [9.17, 15) is 4.79 Å². The molecule has 1 saturated heterocycles. The molecule has 6 heteroatoms. The van der Waals surface area contributed by atoms with E-state index in [1.165, 1.54) is 16.0 Å². The van der Waals surface area contributed by atoms with Gasteiger partial charge < -0.3 is 9.64 Å². The molecule has 1 amide bonds. The van der Waals surface area contributed by atoms with Crippen LogP contribution in [0.5, 0.6) is 0 Å². The van der Waals surface area contributed by atoms with Gasteiger partial charge in [-0.25, -0.2) is 0 Å². The molecule has 144 valence electrons. The highest BCUT2D eigenvalue weighted by molar-refractivity contribution is 7.10. The van der Waals surface area contributed by atoms with Gasteiger partial charge in [-0.3, -0.25) is 14.7 Å². The molecule has 0 saturated carbocycles. The first-order valence-electron chi connectivity index (χ1n) is 9.75. The fourth-order valence-corrected chi connectivity index (χ4v) is 5.07. The number of likely N-dealkylation sites (tertiary alicyclic amines) is 1.